The van der Waals surface area contributed by atoms with Crippen LogP contribution in [0.25, 0.3) is 0 Å². The molecule has 0 bridgehead atoms. The molecule has 1 aromatic carbocycles. The molecular weight excluding hydrogens is 276 g/mol. The number of carbonyl (C=O) groups excluding carboxylic acids is 3. The molecule has 0 fully saturated rings. The monoisotopic (exact) mass is 294 g/mol. The second kappa shape index (κ2) is 7.25. The van der Waals surface area contributed by atoms with E-state index in [0.29, 0.717) is 5.56 Å². The summed E-state index contributed by atoms with van der Waals surface area (Å²) in [6.45, 7) is 0. The molecule has 0 aromatic heterocycles. The molecule has 0 aliphatic rings. The third kappa shape index (κ3) is 4.77. The minimum absolute atomic E-state index is 0.0182. The second-order valence-electron chi connectivity index (χ2n) is 4.42. The van der Waals surface area contributed by atoms with Crippen molar-refractivity contribution in [1.29, 1.82) is 0 Å². The fourth-order valence-corrected chi connectivity index (χ4v) is 1.63. The van der Waals surface area contributed by atoms with Gasteiger partial charge in [-0.3, -0.25) is 14.4 Å². The lowest BCUT2D eigenvalue weighted by Crippen LogP contribution is -2.47. The van der Waals surface area contributed by atoms with Crippen LogP contribution < -0.4 is 22.1 Å². The Bertz CT molecular complexity index is 529. The Labute approximate surface area is 121 Å². The number of rotatable bonds is 6. The molecule has 7 N–H and O–H groups in total. The van der Waals surface area contributed by atoms with Gasteiger partial charge in [-0.2, -0.15) is 0 Å². The number of carbonyl (C=O) groups is 3. The van der Waals surface area contributed by atoms with Crippen LogP contribution in [0.2, 0.25) is 0 Å². The lowest BCUT2D eigenvalue weighted by Gasteiger charge is -2.18. The number of amides is 3. The van der Waals surface area contributed by atoms with Crippen LogP contribution in [0, 0.1) is 0 Å². The number of hydrogen-bond acceptors (Lipinski definition) is 5. The van der Waals surface area contributed by atoms with Gasteiger partial charge in [0.2, 0.25) is 17.7 Å². The number of benzene rings is 1. The van der Waals surface area contributed by atoms with Gasteiger partial charge in [-0.25, -0.2) is 0 Å². The van der Waals surface area contributed by atoms with Crippen molar-refractivity contribution < 1.29 is 19.5 Å². The summed E-state index contributed by atoms with van der Waals surface area (Å²) in [5.41, 5.74) is 11.2. The first-order chi connectivity index (χ1) is 9.85. The average molecular weight is 294 g/mol. The summed E-state index contributed by atoms with van der Waals surface area (Å²) in [6, 6.07) is 3.45. The quantitative estimate of drug-likeness (QED) is 0.433. The Morgan fingerprint density at radius 3 is 2.29 bits per heavy atom. The Morgan fingerprint density at radius 1 is 1.24 bits per heavy atom. The predicted octanol–water partition coefficient (Wildman–Crippen LogP) is -1.50. The minimum Gasteiger partial charge on any atom is -0.508 e. The SMILES string of the molecule is CNC(=O)C[C@@H](N)C(=O)N[C@@H](C(N)=O)c1ccc(O)cc1. The molecule has 8 heteroatoms. The van der Waals surface area contributed by atoms with Crippen LogP contribution in [0.5, 0.6) is 5.75 Å². The van der Waals surface area contributed by atoms with Gasteiger partial charge in [0.15, 0.2) is 0 Å². The molecule has 8 nitrogen and oxygen atoms in total. The van der Waals surface area contributed by atoms with Crippen LogP contribution in [0.4, 0.5) is 0 Å². The van der Waals surface area contributed by atoms with E-state index < -0.39 is 29.8 Å². The zero-order valence-electron chi connectivity index (χ0n) is 11.5. The molecule has 0 heterocycles. The number of hydrogen-bond donors (Lipinski definition) is 5. The summed E-state index contributed by atoms with van der Waals surface area (Å²) in [5.74, 6) is -1.82. The first-order valence-corrected chi connectivity index (χ1v) is 6.20. The van der Waals surface area contributed by atoms with E-state index in [-0.39, 0.29) is 12.2 Å². The highest BCUT2D eigenvalue weighted by molar-refractivity contribution is 5.92. The zero-order valence-corrected chi connectivity index (χ0v) is 11.5. The maximum atomic E-state index is 11.9. The second-order valence-corrected chi connectivity index (χ2v) is 4.42. The molecule has 1 aromatic rings. The molecular formula is C13H18N4O4. The third-order valence-electron chi connectivity index (χ3n) is 2.82. The molecule has 114 valence electrons. The zero-order chi connectivity index (χ0) is 16.0. The van der Waals surface area contributed by atoms with Crippen LogP contribution in [0.15, 0.2) is 24.3 Å². The molecule has 0 aliphatic heterocycles. The maximum Gasteiger partial charge on any atom is 0.244 e. The van der Waals surface area contributed by atoms with Gasteiger partial charge in [-0.15, -0.1) is 0 Å². The lowest BCUT2D eigenvalue weighted by molar-refractivity contribution is -0.130. The topological polar surface area (TPSA) is 148 Å². The molecule has 0 aliphatic carbocycles. The highest BCUT2D eigenvalue weighted by Crippen LogP contribution is 2.16. The van der Waals surface area contributed by atoms with Crippen LogP contribution in [0.3, 0.4) is 0 Å². The molecule has 3 amide bonds. The number of nitrogens with two attached hydrogens (primary N) is 2. The molecule has 1 rings (SSSR count). The first kappa shape index (κ1) is 16.4. The Morgan fingerprint density at radius 2 is 1.81 bits per heavy atom. The molecule has 2 atom stereocenters. The average Bonchev–Trinajstić information content (AvgIpc) is 2.45. The van der Waals surface area contributed by atoms with Crippen LogP contribution in [-0.2, 0) is 14.4 Å². The fraction of sp³-hybridized carbons (Fsp3) is 0.308. The van der Waals surface area contributed by atoms with Crippen molar-refractivity contribution in [2.75, 3.05) is 7.05 Å². The summed E-state index contributed by atoms with van der Waals surface area (Å²) in [4.78, 5) is 34.5. The highest BCUT2D eigenvalue weighted by Gasteiger charge is 2.24. The molecule has 0 saturated carbocycles. The maximum absolute atomic E-state index is 11.9. The fourth-order valence-electron chi connectivity index (χ4n) is 1.63. The van der Waals surface area contributed by atoms with Gasteiger partial charge in [0.05, 0.1) is 12.5 Å². The number of phenols is 1. The largest absolute Gasteiger partial charge is 0.508 e. The standard InChI is InChI=1S/C13H18N4O4/c1-16-10(19)6-9(14)13(21)17-11(12(15)20)7-2-4-8(18)5-3-7/h2-5,9,11,18H,6,14H2,1H3,(H2,15,20)(H,16,19)(H,17,21)/t9-,11-/m1/s1. The van der Waals surface area contributed by atoms with Gasteiger partial charge in [-0.1, -0.05) is 12.1 Å². The highest BCUT2D eigenvalue weighted by atomic mass is 16.3. The van der Waals surface area contributed by atoms with E-state index in [1.807, 2.05) is 0 Å². The van der Waals surface area contributed by atoms with Gasteiger partial charge in [0.1, 0.15) is 11.8 Å². The van der Waals surface area contributed by atoms with Gasteiger partial charge in [0.25, 0.3) is 0 Å². The number of phenolic OH excluding ortho intramolecular Hbond substituents is 1. The number of aromatic hydroxyl groups is 1. The van der Waals surface area contributed by atoms with Gasteiger partial charge in [0, 0.05) is 7.05 Å². The van der Waals surface area contributed by atoms with Crippen LogP contribution >= 0.6 is 0 Å². The third-order valence-corrected chi connectivity index (χ3v) is 2.82. The van der Waals surface area contributed by atoms with Crippen LogP contribution in [0.1, 0.15) is 18.0 Å². The molecule has 21 heavy (non-hydrogen) atoms. The minimum atomic E-state index is -1.09. The van der Waals surface area contributed by atoms with Crippen LogP contribution in [-0.4, -0.2) is 35.9 Å². The Hall–Kier alpha value is -2.61. The van der Waals surface area contributed by atoms with Crippen molar-refractivity contribution in [3.63, 3.8) is 0 Å². The van der Waals surface area contributed by atoms with E-state index in [4.69, 9.17) is 11.5 Å². The number of primary amides is 1. The smallest absolute Gasteiger partial charge is 0.244 e. The van der Waals surface area contributed by atoms with Crippen molar-refractivity contribution in [1.82, 2.24) is 10.6 Å². The van der Waals surface area contributed by atoms with Crippen molar-refractivity contribution in [3.05, 3.63) is 29.8 Å². The van der Waals surface area contributed by atoms with Gasteiger partial charge in [-0.05, 0) is 17.7 Å². The van der Waals surface area contributed by atoms with Crippen molar-refractivity contribution in [2.24, 2.45) is 11.5 Å². The predicted molar refractivity (Wildman–Crippen MR) is 74.8 cm³/mol. The van der Waals surface area contributed by atoms with E-state index in [0.717, 1.165) is 0 Å². The van der Waals surface area contributed by atoms with Gasteiger partial charge < -0.3 is 27.2 Å². The summed E-state index contributed by atoms with van der Waals surface area (Å²) in [7, 11) is 1.43. The Kier molecular flexibility index (Phi) is 5.67. The molecule has 0 spiro atoms. The summed E-state index contributed by atoms with van der Waals surface area (Å²) < 4.78 is 0. The molecule has 0 saturated heterocycles. The molecule has 0 radical (unpaired) electrons. The van der Waals surface area contributed by atoms with Crippen molar-refractivity contribution in [2.45, 2.75) is 18.5 Å². The molecule has 0 unspecified atom stereocenters. The van der Waals surface area contributed by atoms with E-state index in [1.165, 1.54) is 31.3 Å². The van der Waals surface area contributed by atoms with Crippen molar-refractivity contribution in [3.8, 4) is 5.75 Å². The Balaban J connectivity index is 2.79. The van der Waals surface area contributed by atoms with E-state index in [9.17, 15) is 19.5 Å². The normalized spacial score (nSPS) is 13.0. The van der Waals surface area contributed by atoms with E-state index in [1.54, 1.807) is 0 Å². The van der Waals surface area contributed by atoms with E-state index in [2.05, 4.69) is 10.6 Å². The lowest BCUT2D eigenvalue weighted by atomic mass is 10.1. The van der Waals surface area contributed by atoms with E-state index >= 15 is 0 Å². The summed E-state index contributed by atoms with van der Waals surface area (Å²) >= 11 is 0. The van der Waals surface area contributed by atoms with Gasteiger partial charge >= 0.3 is 0 Å². The summed E-state index contributed by atoms with van der Waals surface area (Å²) in [5, 5.41) is 13.9. The first-order valence-electron chi connectivity index (χ1n) is 6.20. The number of nitrogens with one attached hydrogen (secondary N) is 2. The summed E-state index contributed by atoms with van der Waals surface area (Å²) in [6.07, 6.45) is -0.205. The van der Waals surface area contributed by atoms with Crippen molar-refractivity contribution >= 4 is 17.7 Å².